The van der Waals surface area contributed by atoms with E-state index in [0.717, 1.165) is 11.1 Å². The van der Waals surface area contributed by atoms with Crippen molar-refractivity contribution in [3.05, 3.63) is 71.3 Å². The van der Waals surface area contributed by atoms with Crippen LogP contribution >= 0.6 is 0 Å². The van der Waals surface area contributed by atoms with E-state index in [2.05, 4.69) is 10.1 Å². The van der Waals surface area contributed by atoms with E-state index >= 15 is 0 Å². The van der Waals surface area contributed by atoms with Crippen LogP contribution < -0.4 is 5.32 Å². The van der Waals surface area contributed by atoms with Crippen LogP contribution in [0.5, 0.6) is 0 Å². The second kappa shape index (κ2) is 10.2. The molecular formula is C24H27F3N2O3. The Kier molecular flexibility index (Phi) is 7.56. The van der Waals surface area contributed by atoms with Crippen molar-refractivity contribution < 1.29 is 27.5 Å². The maximum absolute atomic E-state index is 13.3. The molecule has 1 fully saturated rings. The number of hydrogen-bond acceptors (Lipinski definition) is 3. The highest BCUT2D eigenvalue weighted by molar-refractivity contribution is 5.88. The molecule has 32 heavy (non-hydrogen) atoms. The van der Waals surface area contributed by atoms with E-state index in [-0.39, 0.29) is 18.4 Å². The summed E-state index contributed by atoms with van der Waals surface area (Å²) in [6.45, 7) is 1.46. The van der Waals surface area contributed by atoms with Gasteiger partial charge in [0.2, 0.25) is 11.8 Å². The molecule has 1 saturated heterocycles. The molecular weight excluding hydrogens is 421 g/mol. The zero-order valence-electron chi connectivity index (χ0n) is 18.0. The van der Waals surface area contributed by atoms with Crippen LogP contribution in [0, 0.1) is 0 Å². The summed E-state index contributed by atoms with van der Waals surface area (Å²) in [5.74, 6) is -0.0872. The summed E-state index contributed by atoms with van der Waals surface area (Å²) >= 11 is 0. The van der Waals surface area contributed by atoms with Crippen molar-refractivity contribution in [3.63, 3.8) is 0 Å². The van der Waals surface area contributed by atoms with Gasteiger partial charge in [-0.05, 0) is 29.5 Å². The molecule has 1 heterocycles. The number of alkyl halides is 3. The Hall–Kier alpha value is -2.87. The molecule has 0 aliphatic carbocycles. The van der Waals surface area contributed by atoms with Gasteiger partial charge in [0.1, 0.15) is 6.61 Å². The zero-order valence-corrected chi connectivity index (χ0v) is 18.0. The highest BCUT2D eigenvalue weighted by Gasteiger charge is 2.43. The SMILES string of the molecule is CC(=O)N1CCC(C(=O)NCc2ccc(COCC(F)(F)F)cc2)(c2ccccc2)CC1. The molecule has 0 aromatic heterocycles. The Balaban J connectivity index is 1.63. The predicted octanol–water partition coefficient (Wildman–Crippen LogP) is 3.96. The van der Waals surface area contributed by atoms with Crippen molar-refractivity contribution in [1.29, 1.82) is 0 Å². The number of hydrogen-bond donors (Lipinski definition) is 1. The Bertz CT molecular complexity index is 906. The lowest BCUT2D eigenvalue weighted by atomic mass is 9.72. The summed E-state index contributed by atoms with van der Waals surface area (Å²) in [5, 5.41) is 3.01. The lowest BCUT2D eigenvalue weighted by Crippen LogP contribution is -2.52. The number of rotatable bonds is 7. The van der Waals surface area contributed by atoms with Crippen LogP contribution in [0.25, 0.3) is 0 Å². The largest absolute Gasteiger partial charge is 0.411 e. The number of nitrogens with one attached hydrogen (secondary N) is 1. The first-order chi connectivity index (χ1) is 15.2. The fourth-order valence-electron chi connectivity index (χ4n) is 4.00. The van der Waals surface area contributed by atoms with Crippen LogP contribution in [0.4, 0.5) is 13.2 Å². The summed E-state index contributed by atoms with van der Waals surface area (Å²) in [5.41, 5.74) is 1.68. The van der Waals surface area contributed by atoms with Crippen LogP contribution in [-0.4, -0.2) is 42.6 Å². The summed E-state index contributed by atoms with van der Waals surface area (Å²) < 4.78 is 41.2. The molecule has 2 aromatic rings. The number of ether oxygens (including phenoxy) is 1. The van der Waals surface area contributed by atoms with E-state index in [0.29, 0.717) is 38.0 Å². The van der Waals surface area contributed by atoms with E-state index in [9.17, 15) is 22.8 Å². The molecule has 2 aromatic carbocycles. The Morgan fingerprint density at radius 1 is 1.00 bits per heavy atom. The minimum Gasteiger partial charge on any atom is -0.367 e. The van der Waals surface area contributed by atoms with Crippen molar-refractivity contribution in [2.75, 3.05) is 19.7 Å². The van der Waals surface area contributed by atoms with Gasteiger partial charge in [-0.3, -0.25) is 9.59 Å². The van der Waals surface area contributed by atoms with Crippen molar-refractivity contribution in [2.45, 2.75) is 44.5 Å². The van der Waals surface area contributed by atoms with Gasteiger partial charge < -0.3 is 15.0 Å². The first kappa shape index (κ1) is 23.8. The number of carbonyl (C=O) groups is 2. The highest BCUT2D eigenvalue weighted by Crippen LogP contribution is 2.36. The van der Waals surface area contributed by atoms with Crippen LogP contribution in [0.2, 0.25) is 0 Å². The van der Waals surface area contributed by atoms with E-state index < -0.39 is 18.2 Å². The van der Waals surface area contributed by atoms with Gasteiger partial charge in [0, 0.05) is 26.6 Å². The lowest BCUT2D eigenvalue weighted by molar-refractivity contribution is -0.176. The molecule has 0 atom stereocenters. The van der Waals surface area contributed by atoms with Crippen LogP contribution in [0.1, 0.15) is 36.5 Å². The molecule has 172 valence electrons. The molecule has 8 heteroatoms. The fourth-order valence-corrected chi connectivity index (χ4v) is 4.00. The maximum Gasteiger partial charge on any atom is 0.411 e. The molecule has 1 aliphatic heterocycles. The van der Waals surface area contributed by atoms with Crippen LogP contribution in [0.3, 0.4) is 0 Å². The maximum atomic E-state index is 13.3. The zero-order chi connectivity index (χ0) is 23.2. The second-order valence-corrected chi connectivity index (χ2v) is 8.06. The Labute approximate surface area is 185 Å². The number of halogens is 3. The summed E-state index contributed by atoms with van der Waals surface area (Å²) in [7, 11) is 0. The molecule has 0 radical (unpaired) electrons. The normalized spacial score (nSPS) is 15.9. The number of nitrogens with zero attached hydrogens (tertiary/aromatic N) is 1. The number of carbonyl (C=O) groups excluding carboxylic acids is 2. The van der Waals surface area contributed by atoms with Gasteiger partial charge in [-0.2, -0.15) is 13.2 Å². The van der Waals surface area contributed by atoms with Gasteiger partial charge >= 0.3 is 6.18 Å². The minimum atomic E-state index is -4.35. The number of piperidine rings is 1. The van der Waals surface area contributed by atoms with Gasteiger partial charge in [-0.15, -0.1) is 0 Å². The summed E-state index contributed by atoms with van der Waals surface area (Å²) in [4.78, 5) is 26.8. The average molecular weight is 448 g/mol. The van der Waals surface area contributed by atoms with Gasteiger partial charge in [-0.1, -0.05) is 54.6 Å². The molecule has 1 aliphatic rings. The number of amides is 2. The van der Waals surface area contributed by atoms with E-state index in [1.165, 1.54) is 6.92 Å². The van der Waals surface area contributed by atoms with Gasteiger partial charge in [0.25, 0.3) is 0 Å². The van der Waals surface area contributed by atoms with Crippen molar-refractivity contribution >= 4 is 11.8 Å². The van der Waals surface area contributed by atoms with Gasteiger partial charge in [0.05, 0.1) is 12.0 Å². The third-order valence-corrected chi connectivity index (χ3v) is 5.83. The summed E-state index contributed by atoms with van der Waals surface area (Å²) in [6.07, 6.45) is -3.27. The van der Waals surface area contributed by atoms with E-state index in [1.807, 2.05) is 30.3 Å². The minimum absolute atomic E-state index is 0.00590. The number of likely N-dealkylation sites (tertiary alicyclic amines) is 1. The first-order valence-corrected chi connectivity index (χ1v) is 10.5. The van der Waals surface area contributed by atoms with Gasteiger partial charge in [-0.25, -0.2) is 0 Å². The van der Waals surface area contributed by atoms with Crippen molar-refractivity contribution in [2.24, 2.45) is 0 Å². The van der Waals surface area contributed by atoms with Crippen molar-refractivity contribution in [1.82, 2.24) is 10.2 Å². The quantitative estimate of drug-likeness (QED) is 0.698. The average Bonchev–Trinajstić information content (AvgIpc) is 2.78. The smallest absolute Gasteiger partial charge is 0.367 e. The molecule has 1 N–H and O–H groups in total. The molecule has 0 unspecified atom stereocenters. The Morgan fingerprint density at radius 3 is 2.16 bits per heavy atom. The standard InChI is InChI=1S/C24H27F3N2O3/c1-18(30)29-13-11-23(12-14-29,21-5-3-2-4-6-21)22(31)28-15-19-7-9-20(10-8-19)16-32-17-24(25,26)27/h2-10H,11-17H2,1H3,(H,28,31). The van der Waals surface area contributed by atoms with Crippen LogP contribution in [-0.2, 0) is 32.9 Å². The van der Waals surface area contributed by atoms with Crippen LogP contribution in [0.15, 0.2) is 54.6 Å². The molecule has 3 rings (SSSR count). The number of benzene rings is 2. The molecule has 0 spiro atoms. The molecule has 0 bridgehead atoms. The predicted molar refractivity (Wildman–Crippen MR) is 114 cm³/mol. The van der Waals surface area contributed by atoms with E-state index in [4.69, 9.17) is 0 Å². The van der Waals surface area contributed by atoms with E-state index in [1.54, 1.807) is 29.2 Å². The molecule has 0 saturated carbocycles. The highest BCUT2D eigenvalue weighted by atomic mass is 19.4. The first-order valence-electron chi connectivity index (χ1n) is 10.5. The Morgan fingerprint density at radius 2 is 1.59 bits per heavy atom. The third kappa shape index (κ3) is 6.09. The summed E-state index contributed by atoms with van der Waals surface area (Å²) in [6, 6.07) is 16.5. The molecule has 2 amide bonds. The topological polar surface area (TPSA) is 58.6 Å². The fraction of sp³-hybridized carbons (Fsp3) is 0.417. The monoisotopic (exact) mass is 448 g/mol. The van der Waals surface area contributed by atoms with Crippen molar-refractivity contribution in [3.8, 4) is 0 Å². The lowest BCUT2D eigenvalue weighted by Gasteiger charge is -2.40. The second-order valence-electron chi connectivity index (χ2n) is 8.06. The molecule has 5 nitrogen and oxygen atoms in total. The van der Waals surface area contributed by atoms with Gasteiger partial charge in [0.15, 0.2) is 0 Å². The third-order valence-electron chi connectivity index (χ3n) is 5.83.